The Kier molecular flexibility index (Phi) is 13.9. The monoisotopic (exact) mass is 522 g/mol. The first-order valence-corrected chi connectivity index (χ1v) is 11.4. The van der Waals surface area contributed by atoms with E-state index in [9.17, 15) is 4.79 Å². The van der Waals surface area contributed by atoms with E-state index in [0.717, 1.165) is 64.4 Å². The van der Waals surface area contributed by atoms with E-state index in [0.29, 0.717) is 6.04 Å². The fourth-order valence-corrected chi connectivity index (χ4v) is 4.21. The molecule has 0 aromatic heterocycles. The predicted octanol–water partition coefficient (Wildman–Crippen LogP) is 2.01. The van der Waals surface area contributed by atoms with Crippen molar-refractivity contribution >= 4 is 35.8 Å². The van der Waals surface area contributed by atoms with Gasteiger partial charge in [0.05, 0.1) is 0 Å². The molecule has 0 aromatic rings. The Bertz CT molecular complexity index is 474. The number of likely N-dealkylation sites (tertiary alicyclic amines) is 2. The van der Waals surface area contributed by atoms with Crippen LogP contribution < -0.4 is 16.4 Å². The van der Waals surface area contributed by atoms with Crippen molar-refractivity contribution in [2.24, 2.45) is 16.6 Å². The van der Waals surface area contributed by atoms with Gasteiger partial charge in [-0.15, -0.1) is 24.0 Å². The van der Waals surface area contributed by atoms with Crippen molar-refractivity contribution in [3.63, 3.8) is 0 Å². The highest BCUT2D eigenvalue weighted by atomic mass is 127. The first-order chi connectivity index (χ1) is 13.6. The van der Waals surface area contributed by atoms with Crippen LogP contribution in [-0.2, 0) is 4.79 Å². The van der Waals surface area contributed by atoms with Gasteiger partial charge in [0.2, 0.25) is 5.91 Å². The zero-order valence-electron chi connectivity index (χ0n) is 18.5. The van der Waals surface area contributed by atoms with Crippen molar-refractivity contribution in [2.45, 2.75) is 64.8 Å². The number of rotatable bonds is 10. The number of primary amides is 1. The fourth-order valence-electron chi connectivity index (χ4n) is 4.21. The number of amides is 1. The number of unbranched alkanes of at least 4 members (excludes halogenated alkanes) is 1. The van der Waals surface area contributed by atoms with Gasteiger partial charge in [-0.3, -0.25) is 9.79 Å². The third-order valence-electron chi connectivity index (χ3n) is 5.95. The Morgan fingerprint density at radius 2 is 1.62 bits per heavy atom. The third kappa shape index (κ3) is 10.3. The van der Waals surface area contributed by atoms with Crippen LogP contribution in [0, 0.1) is 5.92 Å². The van der Waals surface area contributed by atoms with Crippen LogP contribution in [0.15, 0.2) is 4.99 Å². The zero-order chi connectivity index (χ0) is 20.2. The molecule has 2 heterocycles. The summed E-state index contributed by atoms with van der Waals surface area (Å²) in [5, 5.41) is 7.03. The molecule has 2 fully saturated rings. The Hall–Kier alpha value is -0.610. The van der Waals surface area contributed by atoms with Crippen molar-refractivity contribution in [3.8, 4) is 0 Å². The predicted molar refractivity (Wildman–Crippen MR) is 132 cm³/mol. The van der Waals surface area contributed by atoms with E-state index >= 15 is 0 Å². The van der Waals surface area contributed by atoms with Crippen LogP contribution >= 0.6 is 24.0 Å². The lowest BCUT2D eigenvalue weighted by Gasteiger charge is -2.32. The smallest absolute Gasteiger partial charge is 0.220 e. The Labute approximate surface area is 194 Å². The van der Waals surface area contributed by atoms with E-state index in [-0.39, 0.29) is 35.8 Å². The van der Waals surface area contributed by atoms with Gasteiger partial charge in [0, 0.05) is 38.1 Å². The van der Waals surface area contributed by atoms with Crippen LogP contribution in [0.1, 0.15) is 58.8 Å². The molecule has 2 rings (SSSR count). The third-order valence-corrected chi connectivity index (χ3v) is 5.95. The van der Waals surface area contributed by atoms with Crippen molar-refractivity contribution < 1.29 is 4.79 Å². The SMILES string of the molecule is CCCN1CCC(NC(=NCCCCN2CCC(C(N)=O)CC2)NCC)CC1.I. The van der Waals surface area contributed by atoms with Crippen molar-refractivity contribution in [1.82, 2.24) is 20.4 Å². The number of aliphatic imine (C=N–C) groups is 1. The molecule has 0 aliphatic carbocycles. The number of carbonyl (C=O) groups is 1. The summed E-state index contributed by atoms with van der Waals surface area (Å²) in [7, 11) is 0. The van der Waals surface area contributed by atoms with Crippen molar-refractivity contribution in [2.75, 3.05) is 52.4 Å². The van der Waals surface area contributed by atoms with Gasteiger partial charge in [-0.25, -0.2) is 0 Å². The lowest BCUT2D eigenvalue weighted by Crippen LogP contribution is -2.48. The van der Waals surface area contributed by atoms with Gasteiger partial charge >= 0.3 is 0 Å². The van der Waals surface area contributed by atoms with Crippen LogP contribution in [0.3, 0.4) is 0 Å². The minimum atomic E-state index is -0.131. The fraction of sp³-hybridized carbons (Fsp3) is 0.905. The lowest BCUT2D eigenvalue weighted by molar-refractivity contribution is -0.123. The van der Waals surface area contributed by atoms with Gasteiger partial charge in [0.1, 0.15) is 0 Å². The van der Waals surface area contributed by atoms with Gasteiger partial charge < -0.3 is 26.2 Å². The number of piperidine rings is 2. The number of carbonyl (C=O) groups excluding carboxylic acids is 1. The molecule has 2 aliphatic heterocycles. The molecule has 1 amide bonds. The molecule has 0 radical (unpaired) electrons. The normalized spacial score (nSPS) is 20.3. The molecule has 0 atom stereocenters. The molecule has 0 unspecified atom stereocenters. The molecule has 0 bridgehead atoms. The number of nitrogens with two attached hydrogens (primary N) is 1. The molecule has 7 nitrogen and oxygen atoms in total. The maximum Gasteiger partial charge on any atom is 0.220 e. The minimum Gasteiger partial charge on any atom is -0.369 e. The average Bonchev–Trinajstić information content (AvgIpc) is 2.70. The summed E-state index contributed by atoms with van der Waals surface area (Å²) in [5.74, 6) is 0.927. The highest BCUT2D eigenvalue weighted by Gasteiger charge is 2.22. The van der Waals surface area contributed by atoms with Crippen LogP contribution in [0.25, 0.3) is 0 Å². The molecule has 2 saturated heterocycles. The van der Waals surface area contributed by atoms with Crippen LogP contribution in [-0.4, -0.2) is 80.1 Å². The molecule has 29 heavy (non-hydrogen) atoms. The van der Waals surface area contributed by atoms with Gasteiger partial charge in [0.25, 0.3) is 0 Å². The Morgan fingerprint density at radius 3 is 2.21 bits per heavy atom. The largest absolute Gasteiger partial charge is 0.369 e. The summed E-state index contributed by atoms with van der Waals surface area (Å²) in [4.78, 5) is 21.0. The number of halogens is 1. The Balaban J connectivity index is 0.00000420. The quantitative estimate of drug-likeness (QED) is 0.177. The molecule has 170 valence electrons. The maximum atomic E-state index is 11.2. The second kappa shape index (κ2) is 15.2. The zero-order valence-corrected chi connectivity index (χ0v) is 20.8. The molecular weight excluding hydrogens is 479 g/mol. The van der Waals surface area contributed by atoms with Gasteiger partial charge in [-0.2, -0.15) is 0 Å². The average molecular weight is 523 g/mol. The summed E-state index contributed by atoms with van der Waals surface area (Å²) < 4.78 is 0. The van der Waals surface area contributed by atoms with E-state index < -0.39 is 0 Å². The van der Waals surface area contributed by atoms with E-state index in [1.165, 1.54) is 38.9 Å². The topological polar surface area (TPSA) is 86.0 Å². The van der Waals surface area contributed by atoms with Gasteiger partial charge in [-0.05, 0) is 78.0 Å². The first-order valence-electron chi connectivity index (χ1n) is 11.4. The van der Waals surface area contributed by atoms with Crippen LogP contribution in [0.2, 0.25) is 0 Å². The van der Waals surface area contributed by atoms with Gasteiger partial charge in [0.15, 0.2) is 5.96 Å². The molecular formula is C21H43IN6O. The number of hydrogen-bond acceptors (Lipinski definition) is 4. The molecule has 0 saturated carbocycles. The summed E-state index contributed by atoms with van der Waals surface area (Å²) in [6.07, 6.45) is 7.72. The summed E-state index contributed by atoms with van der Waals surface area (Å²) in [6, 6.07) is 0.539. The maximum absolute atomic E-state index is 11.2. The Morgan fingerprint density at radius 1 is 1.00 bits per heavy atom. The van der Waals surface area contributed by atoms with Crippen LogP contribution in [0.5, 0.6) is 0 Å². The van der Waals surface area contributed by atoms with E-state index in [1.807, 2.05) is 0 Å². The summed E-state index contributed by atoms with van der Waals surface area (Å²) in [5.41, 5.74) is 5.41. The van der Waals surface area contributed by atoms with Crippen LogP contribution in [0.4, 0.5) is 0 Å². The number of nitrogens with zero attached hydrogens (tertiary/aromatic N) is 3. The number of hydrogen-bond donors (Lipinski definition) is 3. The molecule has 0 aromatic carbocycles. The molecule has 4 N–H and O–H groups in total. The standard InChI is InChI=1S/C21H42N6O.HI/c1-3-12-26-16-9-19(10-17-26)25-21(23-4-2)24-11-5-6-13-27-14-7-18(8-15-27)20(22)28;/h18-19H,3-17H2,1-2H3,(H2,22,28)(H2,23,24,25);1H. The van der Waals surface area contributed by atoms with E-state index in [2.05, 4.69) is 34.3 Å². The van der Waals surface area contributed by atoms with E-state index in [4.69, 9.17) is 10.7 Å². The molecule has 2 aliphatic rings. The molecule has 0 spiro atoms. The highest BCUT2D eigenvalue weighted by Crippen LogP contribution is 2.16. The van der Waals surface area contributed by atoms with Crippen molar-refractivity contribution in [1.29, 1.82) is 0 Å². The second-order valence-corrected chi connectivity index (χ2v) is 8.25. The number of guanidine groups is 1. The first kappa shape index (κ1) is 26.4. The lowest BCUT2D eigenvalue weighted by atomic mass is 9.96. The second-order valence-electron chi connectivity index (χ2n) is 8.25. The number of nitrogens with one attached hydrogen (secondary N) is 2. The summed E-state index contributed by atoms with van der Waals surface area (Å²) in [6.45, 7) is 12.8. The van der Waals surface area contributed by atoms with Crippen molar-refractivity contribution in [3.05, 3.63) is 0 Å². The summed E-state index contributed by atoms with van der Waals surface area (Å²) >= 11 is 0. The van der Waals surface area contributed by atoms with Gasteiger partial charge in [-0.1, -0.05) is 6.92 Å². The van der Waals surface area contributed by atoms with E-state index in [1.54, 1.807) is 0 Å². The minimum absolute atomic E-state index is 0. The highest BCUT2D eigenvalue weighted by molar-refractivity contribution is 14.0. The molecule has 8 heteroatoms.